The molecule has 0 aliphatic rings. The molecule has 0 bridgehead atoms. The second-order valence-electron chi connectivity index (χ2n) is 2.99. The number of aromatic nitrogens is 3. The number of rotatable bonds is 1. The van der Waals surface area contributed by atoms with E-state index in [9.17, 15) is 0 Å². The highest BCUT2D eigenvalue weighted by molar-refractivity contribution is 5.68. The summed E-state index contributed by atoms with van der Waals surface area (Å²) in [6, 6.07) is 4.03. The van der Waals surface area contributed by atoms with Crippen molar-refractivity contribution < 1.29 is 0 Å². The lowest BCUT2D eigenvalue weighted by atomic mass is 10.1. The van der Waals surface area contributed by atoms with Crippen molar-refractivity contribution in [2.24, 2.45) is 7.05 Å². The van der Waals surface area contributed by atoms with E-state index in [1.165, 1.54) is 6.20 Å². The van der Waals surface area contributed by atoms with Crippen molar-refractivity contribution in [3.63, 3.8) is 0 Å². The maximum atomic E-state index is 8.86. The van der Waals surface area contributed by atoms with Gasteiger partial charge in [-0.1, -0.05) is 0 Å². The summed E-state index contributed by atoms with van der Waals surface area (Å²) in [5.41, 5.74) is 2.35. The first-order valence-electron chi connectivity index (χ1n) is 4.14. The molecule has 2 heterocycles. The Bertz CT molecular complexity index is 493. The Balaban J connectivity index is 2.57. The number of nitriles is 1. The summed E-state index contributed by atoms with van der Waals surface area (Å²) in [6.45, 7) is 0. The fourth-order valence-electron chi connectivity index (χ4n) is 1.30. The molecule has 0 aromatic carbocycles. The summed E-state index contributed by atoms with van der Waals surface area (Å²) in [4.78, 5) is 0. The molecule has 0 aliphatic carbocycles. The van der Waals surface area contributed by atoms with Crippen LogP contribution in [0.5, 0.6) is 0 Å². The van der Waals surface area contributed by atoms with Gasteiger partial charge in [-0.2, -0.15) is 15.5 Å². The molecule has 14 heavy (non-hydrogen) atoms. The van der Waals surface area contributed by atoms with Crippen LogP contribution in [0.25, 0.3) is 11.1 Å². The van der Waals surface area contributed by atoms with Gasteiger partial charge in [0.05, 0.1) is 18.0 Å². The monoisotopic (exact) mass is 184 g/mol. The van der Waals surface area contributed by atoms with Gasteiger partial charge in [0.25, 0.3) is 0 Å². The molecule has 0 N–H and O–H groups in total. The van der Waals surface area contributed by atoms with Gasteiger partial charge in [0.15, 0.2) is 0 Å². The molecule has 0 amide bonds. The van der Waals surface area contributed by atoms with Crippen LogP contribution in [0.4, 0.5) is 0 Å². The Kier molecular flexibility index (Phi) is 1.99. The van der Waals surface area contributed by atoms with E-state index in [4.69, 9.17) is 5.26 Å². The van der Waals surface area contributed by atoms with Crippen molar-refractivity contribution in [1.82, 2.24) is 14.8 Å². The predicted molar refractivity (Wildman–Crippen MR) is 51.2 cm³/mol. The molecule has 0 unspecified atom stereocenters. The Hall–Kier alpha value is -2.15. The summed E-state index contributed by atoms with van der Waals surface area (Å²) in [5, 5.41) is 16.3. The summed E-state index contributed by atoms with van der Waals surface area (Å²) < 4.78 is 1.93. The lowest BCUT2D eigenvalue weighted by Gasteiger charge is -1.97. The van der Waals surface area contributed by atoms with Crippen LogP contribution in [-0.4, -0.2) is 14.8 Å². The van der Waals surface area contributed by atoms with Crippen molar-refractivity contribution in [3.8, 4) is 17.2 Å². The SMILES string of the molecule is Cn1ccc(-c2cnncc2C#N)c1. The zero-order chi connectivity index (χ0) is 9.97. The van der Waals surface area contributed by atoms with Crippen molar-refractivity contribution >= 4 is 0 Å². The Labute approximate surface area is 81.4 Å². The van der Waals surface area contributed by atoms with Crippen LogP contribution in [0.3, 0.4) is 0 Å². The largest absolute Gasteiger partial charge is 0.357 e. The first-order chi connectivity index (χ1) is 6.81. The standard InChI is InChI=1S/C10H8N4/c1-14-3-2-8(7-14)10-6-13-12-5-9(10)4-11/h2-3,5-7H,1H3. The normalized spacial score (nSPS) is 9.71. The van der Waals surface area contributed by atoms with Crippen LogP contribution in [0, 0.1) is 11.3 Å². The molecule has 0 saturated carbocycles. The van der Waals surface area contributed by atoms with Gasteiger partial charge in [0, 0.05) is 30.6 Å². The molecule has 2 rings (SSSR count). The van der Waals surface area contributed by atoms with E-state index >= 15 is 0 Å². The predicted octanol–water partition coefficient (Wildman–Crippen LogP) is 1.35. The third kappa shape index (κ3) is 1.36. The number of hydrogen-bond donors (Lipinski definition) is 0. The fraction of sp³-hybridized carbons (Fsp3) is 0.100. The molecule has 0 spiro atoms. The second kappa shape index (κ2) is 3.30. The molecule has 2 aromatic heterocycles. The van der Waals surface area contributed by atoms with Gasteiger partial charge >= 0.3 is 0 Å². The molecule has 0 radical (unpaired) electrons. The Morgan fingerprint density at radius 1 is 1.36 bits per heavy atom. The maximum absolute atomic E-state index is 8.86. The van der Waals surface area contributed by atoms with Gasteiger partial charge in [-0.3, -0.25) is 0 Å². The minimum Gasteiger partial charge on any atom is -0.357 e. The van der Waals surface area contributed by atoms with Gasteiger partial charge < -0.3 is 4.57 Å². The second-order valence-corrected chi connectivity index (χ2v) is 2.99. The number of aryl methyl sites for hydroxylation is 1. The maximum Gasteiger partial charge on any atom is 0.102 e. The van der Waals surface area contributed by atoms with Gasteiger partial charge in [-0.05, 0) is 6.07 Å². The van der Waals surface area contributed by atoms with Gasteiger partial charge in [-0.15, -0.1) is 0 Å². The summed E-state index contributed by atoms with van der Waals surface area (Å²) in [6.07, 6.45) is 6.95. The molecule has 0 aliphatic heterocycles. The molecule has 2 aromatic rings. The van der Waals surface area contributed by atoms with Crippen molar-refractivity contribution in [2.75, 3.05) is 0 Å². The molecule has 4 nitrogen and oxygen atoms in total. The van der Waals surface area contributed by atoms with Crippen LogP contribution >= 0.6 is 0 Å². The third-order valence-electron chi connectivity index (χ3n) is 1.99. The van der Waals surface area contributed by atoms with E-state index in [2.05, 4.69) is 16.3 Å². The van der Waals surface area contributed by atoms with E-state index in [0.29, 0.717) is 5.56 Å². The van der Waals surface area contributed by atoms with Crippen molar-refractivity contribution in [2.45, 2.75) is 0 Å². The van der Waals surface area contributed by atoms with Gasteiger partial charge in [-0.25, -0.2) is 0 Å². The smallest absolute Gasteiger partial charge is 0.102 e. The Morgan fingerprint density at radius 2 is 2.14 bits per heavy atom. The number of nitrogens with zero attached hydrogens (tertiary/aromatic N) is 4. The highest BCUT2D eigenvalue weighted by Gasteiger charge is 2.05. The average Bonchev–Trinajstić information content (AvgIpc) is 2.65. The highest BCUT2D eigenvalue weighted by Crippen LogP contribution is 2.21. The minimum absolute atomic E-state index is 0.547. The van der Waals surface area contributed by atoms with Crippen LogP contribution in [0.2, 0.25) is 0 Å². The van der Waals surface area contributed by atoms with Crippen LogP contribution < -0.4 is 0 Å². The Morgan fingerprint density at radius 3 is 2.79 bits per heavy atom. The molecule has 0 saturated heterocycles. The van der Waals surface area contributed by atoms with E-state index in [-0.39, 0.29) is 0 Å². The van der Waals surface area contributed by atoms with E-state index < -0.39 is 0 Å². The lowest BCUT2D eigenvalue weighted by Crippen LogP contribution is -1.88. The molecular weight excluding hydrogens is 176 g/mol. The first kappa shape index (κ1) is 8.45. The summed E-state index contributed by atoms with van der Waals surface area (Å²) in [7, 11) is 1.93. The summed E-state index contributed by atoms with van der Waals surface area (Å²) >= 11 is 0. The van der Waals surface area contributed by atoms with E-state index in [1.54, 1.807) is 6.20 Å². The van der Waals surface area contributed by atoms with Crippen LogP contribution in [-0.2, 0) is 7.05 Å². The quantitative estimate of drug-likeness (QED) is 0.672. The number of hydrogen-bond acceptors (Lipinski definition) is 3. The average molecular weight is 184 g/mol. The van der Waals surface area contributed by atoms with Crippen LogP contribution in [0.15, 0.2) is 30.9 Å². The minimum atomic E-state index is 0.547. The van der Waals surface area contributed by atoms with Gasteiger partial charge in [0.2, 0.25) is 0 Å². The van der Waals surface area contributed by atoms with E-state index in [1.807, 2.05) is 30.1 Å². The van der Waals surface area contributed by atoms with E-state index in [0.717, 1.165) is 11.1 Å². The molecule has 68 valence electrons. The van der Waals surface area contributed by atoms with Crippen molar-refractivity contribution in [1.29, 1.82) is 5.26 Å². The fourth-order valence-corrected chi connectivity index (χ4v) is 1.30. The third-order valence-corrected chi connectivity index (χ3v) is 1.99. The van der Waals surface area contributed by atoms with Gasteiger partial charge in [0.1, 0.15) is 6.07 Å². The highest BCUT2D eigenvalue weighted by atomic mass is 15.1. The van der Waals surface area contributed by atoms with Crippen LogP contribution in [0.1, 0.15) is 5.56 Å². The summed E-state index contributed by atoms with van der Waals surface area (Å²) in [5.74, 6) is 0. The van der Waals surface area contributed by atoms with Crippen molar-refractivity contribution in [3.05, 3.63) is 36.4 Å². The topological polar surface area (TPSA) is 54.5 Å². The zero-order valence-corrected chi connectivity index (χ0v) is 7.68. The molecule has 4 heteroatoms. The molecule has 0 fully saturated rings. The lowest BCUT2D eigenvalue weighted by molar-refractivity contribution is 0.928. The molecular formula is C10H8N4. The first-order valence-corrected chi connectivity index (χ1v) is 4.14. The zero-order valence-electron chi connectivity index (χ0n) is 7.68. The molecule has 0 atom stereocenters.